The van der Waals surface area contributed by atoms with Gasteiger partial charge in [-0.1, -0.05) is 30.3 Å². The van der Waals surface area contributed by atoms with Crippen LogP contribution in [0.2, 0.25) is 0 Å². The van der Waals surface area contributed by atoms with Gasteiger partial charge in [-0.25, -0.2) is 0 Å². The molecule has 0 unspecified atom stereocenters. The highest BCUT2D eigenvalue weighted by molar-refractivity contribution is 5.96. The second kappa shape index (κ2) is 11.0. The number of ether oxygens (including phenoxy) is 1. The number of amides is 1. The van der Waals surface area contributed by atoms with E-state index in [0.717, 1.165) is 25.6 Å². The van der Waals surface area contributed by atoms with E-state index in [1.807, 2.05) is 13.8 Å². The van der Waals surface area contributed by atoms with Crippen LogP contribution in [-0.2, 0) is 6.42 Å². The molecule has 1 aliphatic rings. The van der Waals surface area contributed by atoms with Gasteiger partial charge in [-0.2, -0.15) is 0 Å². The number of rotatable bonds is 9. The van der Waals surface area contributed by atoms with Crippen molar-refractivity contribution in [3.63, 3.8) is 0 Å². The van der Waals surface area contributed by atoms with Gasteiger partial charge in [0.25, 0.3) is 5.91 Å². The lowest BCUT2D eigenvalue weighted by Crippen LogP contribution is -2.39. The summed E-state index contributed by atoms with van der Waals surface area (Å²) in [6.45, 7) is 7.66. The molecule has 3 rings (SSSR count). The fourth-order valence-corrected chi connectivity index (χ4v) is 3.85. The monoisotopic (exact) mass is 395 g/mol. The fourth-order valence-electron chi connectivity index (χ4n) is 3.85. The van der Waals surface area contributed by atoms with Crippen LogP contribution in [0.15, 0.2) is 48.8 Å². The summed E-state index contributed by atoms with van der Waals surface area (Å²) in [5.74, 6) is 1.28. The highest BCUT2D eigenvalue weighted by atomic mass is 16.5. The predicted molar refractivity (Wildman–Crippen MR) is 116 cm³/mol. The normalized spacial score (nSPS) is 15.4. The third-order valence-electron chi connectivity index (χ3n) is 5.49. The molecular formula is C24H33N3O2. The van der Waals surface area contributed by atoms with Gasteiger partial charge < -0.3 is 15.0 Å². The number of hydrogen-bond acceptors (Lipinski definition) is 4. The van der Waals surface area contributed by atoms with Crippen LogP contribution in [0.4, 0.5) is 0 Å². The molecule has 0 saturated carbocycles. The zero-order valence-corrected chi connectivity index (χ0v) is 17.6. The zero-order chi connectivity index (χ0) is 20.5. The second-order valence-electron chi connectivity index (χ2n) is 8.10. The highest BCUT2D eigenvalue weighted by Crippen LogP contribution is 2.22. The van der Waals surface area contributed by atoms with Gasteiger partial charge in [0.15, 0.2) is 0 Å². The lowest BCUT2D eigenvalue weighted by atomic mass is 9.90. The molecule has 2 aromatic rings. The third-order valence-corrected chi connectivity index (χ3v) is 5.49. The number of carbonyl (C=O) groups is 1. The molecule has 0 radical (unpaired) electrons. The summed E-state index contributed by atoms with van der Waals surface area (Å²) in [6, 6.07) is 12.5. The largest absolute Gasteiger partial charge is 0.490 e. The minimum Gasteiger partial charge on any atom is -0.490 e. The summed E-state index contributed by atoms with van der Waals surface area (Å²) in [4.78, 5) is 19.0. The summed E-state index contributed by atoms with van der Waals surface area (Å²) >= 11 is 0. The first kappa shape index (κ1) is 21.3. The van der Waals surface area contributed by atoms with Gasteiger partial charge in [0.05, 0.1) is 11.7 Å². The molecule has 5 heteroatoms. The number of aryl methyl sites for hydroxylation is 1. The first-order valence-electron chi connectivity index (χ1n) is 10.8. The van der Waals surface area contributed by atoms with Gasteiger partial charge in [-0.05, 0) is 70.2 Å². The Balaban J connectivity index is 1.36. The number of carbonyl (C=O) groups excluding carboxylic acids is 1. The van der Waals surface area contributed by atoms with Crippen molar-refractivity contribution in [1.29, 1.82) is 0 Å². The van der Waals surface area contributed by atoms with Crippen LogP contribution in [0.3, 0.4) is 0 Å². The van der Waals surface area contributed by atoms with Gasteiger partial charge in [-0.3, -0.25) is 9.78 Å². The molecule has 0 spiro atoms. The maximum atomic E-state index is 12.5. The van der Waals surface area contributed by atoms with Crippen LogP contribution < -0.4 is 10.1 Å². The lowest BCUT2D eigenvalue weighted by molar-refractivity contribution is 0.0937. The lowest BCUT2D eigenvalue weighted by Gasteiger charge is -2.32. The Kier molecular flexibility index (Phi) is 8.05. The van der Waals surface area contributed by atoms with Gasteiger partial charge in [0.1, 0.15) is 5.75 Å². The summed E-state index contributed by atoms with van der Waals surface area (Å²) in [6.07, 6.45) is 8.18. The molecule has 5 nitrogen and oxygen atoms in total. The van der Waals surface area contributed by atoms with Crippen LogP contribution in [0.1, 0.15) is 49.0 Å². The van der Waals surface area contributed by atoms with E-state index in [1.165, 1.54) is 31.2 Å². The van der Waals surface area contributed by atoms with E-state index in [2.05, 4.69) is 45.5 Å². The van der Waals surface area contributed by atoms with E-state index in [0.29, 0.717) is 17.9 Å². The Morgan fingerprint density at radius 2 is 1.97 bits per heavy atom. The van der Waals surface area contributed by atoms with Gasteiger partial charge in [0, 0.05) is 25.5 Å². The molecule has 1 aliphatic heterocycles. The first-order valence-corrected chi connectivity index (χ1v) is 10.8. The van der Waals surface area contributed by atoms with Crippen molar-refractivity contribution in [1.82, 2.24) is 15.2 Å². The number of nitrogens with zero attached hydrogens (tertiary/aromatic N) is 2. The van der Waals surface area contributed by atoms with Crippen LogP contribution in [-0.4, -0.2) is 48.1 Å². The maximum Gasteiger partial charge on any atom is 0.256 e. The van der Waals surface area contributed by atoms with E-state index in [1.54, 1.807) is 18.5 Å². The smallest absolute Gasteiger partial charge is 0.256 e. The van der Waals surface area contributed by atoms with Crippen LogP contribution >= 0.6 is 0 Å². The van der Waals surface area contributed by atoms with E-state index in [9.17, 15) is 4.79 Å². The molecule has 0 bridgehead atoms. The van der Waals surface area contributed by atoms with Crippen molar-refractivity contribution in [3.05, 3.63) is 59.9 Å². The number of piperidine rings is 1. The second-order valence-corrected chi connectivity index (χ2v) is 8.10. The summed E-state index contributed by atoms with van der Waals surface area (Å²) in [5.41, 5.74) is 1.94. The average Bonchev–Trinajstić information content (AvgIpc) is 2.74. The summed E-state index contributed by atoms with van der Waals surface area (Å²) in [7, 11) is 0. The Morgan fingerprint density at radius 1 is 1.21 bits per heavy atom. The number of likely N-dealkylation sites (tertiary alicyclic amines) is 1. The Labute approximate surface area is 174 Å². The Bertz CT molecular complexity index is 756. The number of aromatic nitrogens is 1. The molecule has 2 heterocycles. The molecule has 1 fully saturated rings. The van der Waals surface area contributed by atoms with Crippen molar-refractivity contribution in [2.75, 3.05) is 26.2 Å². The van der Waals surface area contributed by atoms with E-state index in [4.69, 9.17) is 4.74 Å². The van der Waals surface area contributed by atoms with Crippen LogP contribution in [0, 0.1) is 5.92 Å². The van der Waals surface area contributed by atoms with E-state index < -0.39 is 0 Å². The fraction of sp³-hybridized carbons (Fsp3) is 0.500. The first-order chi connectivity index (χ1) is 14.1. The Morgan fingerprint density at radius 3 is 2.69 bits per heavy atom. The Hall–Kier alpha value is -2.40. The van der Waals surface area contributed by atoms with Gasteiger partial charge in [-0.15, -0.1) is 0 Å². The number of hydrogen-bond donors (Lipinski definition) is 1. The molecule has 1 amide bonds. The number of nitrogens with one attached hydrogen (secondary N) is 1. The molecule has 156 valence electrons. The molecule has 1 N–H and O–H groups in total. The van der Waals surface area contributed by atoms with E-state index in [-0.39, 0.29) is 12.0 Å². The highest BCUT2D eigenvalue weighted by Gasteiger charge is 2.19. The average molecular weight is 396 g/mol. The van der Waals surface area contributed by atoms with Crippen molar-refractivity contribution in [3.8, 4) is 5.75 Å². The quantitative estimate of drug-likeness (QED) is 0.699. The summed E-state index contributed by atoms with van der Waals surface area (Å²) < 4.78 is 5.72. The molecular weight excluding hydrogens is 362 g/mol. The number of pyridine rings is 1. The topological polar surface area (TPSA) is 54.5 Å². The standard InChI is InChI=1S/C24H33N3O2/c1-19(2)29-23-10-13-25-18-22(23)24(28)26-14-17-27-15-11-21(12-16-27)9-8-20-6-4-3-5-7-20/h3-7,10,13,18-19,21H,8-9,11-12,14-17H2,1-2H3,(H,26,28). The summed E-state index contributed by atoms with van der Waals surface area (Å²) in [5, 5.41) is 3.02. The van der Waals surface area contributed by atoms with Crippen molar-refractivity contribution in [2.45, 2.75) is 45.6 Å². The number of benzene rings is 1. The third kappa shape index (κ3) is 6.86. The minimum atomic E-state index is -0.119. The SMILES string of the molecule is CC(C)Oc1ccncc1C(=O)NCCN1CCC(CCc2ccccc2)CC1. The molecule has 29 heavy (non-hydrogen) atoms. The zero-order valence-electron chi connectivity index (χ0n) is 17.6. The van der Waals surface area contributed by atoms with Crippen LogP contribution in [0.25, 0.3) is 0 Å². The molecule has 1 aromatic carbocycles. The van der Waals surface area contributed by atoms with Gasteiger partial charge in [0.2, 0.25) is 0 Å². The van der Waals surface area contributed by atoms with Crippen molar-refractivity contribution < 1.29 is 9.53 Å². The van der Waals surface area contributed by atoms with Crippen LogP contribution in [0.5, 0.6) is 5.75 Å². The van der Waals surface area contributed by atoms with E-state index >= 15 is 0 Å². The van der Waals surface area contributed by atoms with Crippen molar-refractivity contribution in [2.24, 2.45) is 5.92 Å². The molecule has 1 aromatic heterocycles. The predicted octanol–water partition coefficient (Wildman–Crippen LogP) is 3.94. The molecule has 1 saturated heterocycles. The van der Waals surface area contributed by atoms with Crippen molar-refractivity contribution >= 4 is 5.91 Å². The minimum absolute atomic E-state index is 0.0205. The van der Waals surface area contributed by atoms with Gasteiger partial charge >= 0.3 is 0 Å². The molecule has 0 aliphatic carbocycles. The maximum absolute atomic E-state index is 12.5. The molecule has 0 atom stereocenters.